The minimum Gasteiger partial charge on any atom is -0.370 e. The summed E-state index contributed by atoms with van der Waals surface area (Å²) in [4.78, 5) is 10.5. The highest BCUT2D eigenvalue weighted by molar-refractivity contribution is 5.73. The third-order valence-corrected chi connectivity index (χ3v) is 3.20. The summed E-state index contributed by atoms with van der Waals surface area (Å²) in [7, 11) is 0. The van der Waals surface area contributed by atoms with Crippen molar-refractivity contribution in [3.8, 4) is 0 Å². The minimum atomic E-state index is -0.157. The van der Waals surface area contributed by atoms with Crippen molar-refractivity contribution < 1.29 is 4.79 Å². The number of hydrogen-bond acceptors (Lipinski definition) is 1. The van der Waals surface area contributed by atoms with E-state index in [1.54, 1.807) is 0 Å². The first kappa shape index (κ1) is 16.5. The van der Waals surface area contributed by atoms with Gasteiger partial charge in [-0.1, -0.05) is 71.6 Å². The van der Waals surface area contributed by atoms with Crippen molar-refractivity contribution >= 4 is 5.91 Å². The van der Waals surface area contributed by atoms with Crippen molar-refractivity contribution in [2.75, 3.05) is 0 Å². The Morgan fingerprint density at radius 1 is 0.824 bits per heavy atom. The van der Waals surface area contributed by atoms with E-state index >= 15 is 0 Å². The smallest absolute Gasteiger partial charge is 0.217 e. The van der Waals surface area contributed by atoms with Crippen LogP contribution in [0.3, 0.4) is 0 Å². The highest BCUT2D eigenvalue weighted by atomic mass is 16.1. The van der Waals surface area contributed by atoms with Crippen LogP contribution in [0.25, 0.3) is 0 Å². The predicted molar refractivity (Wildman–Crippen MR) is 74.8 cm³/mol. The SMILES string of the molecule is CC(C)CCCCCCCCCCCC(N)=O. The third-order valence-electron chi connectivity index (χ3n) is 3.20. The summed E-state index contributed by atoms with van der Waals surface area (Å²) in [6.07, 6.45) is 13.6. The number of hydrogen-bond donors (Lipinski definition) is 1. The second-order valence-corrected chi connectivity index (χ2v) is 5.58. The van der Waals surface area contributed by atoms with E-state index in [2.05, 4.69) is 13.8 Å². The Balaban J connectivity index is 2.96. The molecule has 0 fully saturated rings. The lowest BCUT2D eigenvalue weighted by molar-refractivity contribution is -0.118. The van der Waals surface area contributed by atoms with Gasteiger partial charge in [-0.2, -0.15) is 0 Å². The number of carbonyl (C=O) groups excluding carboxylic acids is 1. The van der Waals surface area contributed by atoms with E-state index < -0.39 is 0 Å². The molecule has 0 aliphatic carbocycles. The fourth-order valence-corrected chi connectivity index (χ4v) is 2.09. The first-order chi connectivity index (χ1) is 8.13. The molecule has 0 rings (SSSR count). The molecule has 0 saturated carbocycles. The van der Waals surface area contributed by atoms with E-state index in [0.29, 0.717) is 6.42 Å². The maximum absolute atomic E-state index is 10.5. The van der Waals surface area contributed by atoms with E-state index in [4.69, 9.17) is 5.73 Å². The van der Waals surface area contributed by atoms with Gasteiger partial charge in [-0.25, -0.2) is 0 Å². The van der Waals surface area contributed by atoms with Gasteiger partial charge in [0.05, 0.1) is 0 Å². The number of carbonyl (C=O) groups is 1. The average Bonchev–Trinajstić information content (AvgIpc) is 2.25. The molecular formula is C15H31NO. The lowest BCUT2D eigenvalue weighted by Crippen LogP contribution is -2.09. The van der Waals surface area contributed by atoms with Crippen LogP contribution in [0.1, 0.15) is 84.5 Å². The standard InChI is InChI=1S/C15H31NO/c1-14(2)12-10-8-6-4-3-5-7-9-11-13-15(16)17/h14H,3-13H2,1-2H3,(H2,16,17). The molecule has 0 aromatic heterocycles. The molecule has 0 aliphatic heterocycles. The van der Waals surface area contributed by atoms with Gasteiger partial charge in [-0.15, -0.1) is 0 Å². The summed E-state index contributed by atoms with van der Waals surface area (Å²) in [6.45, 7) is 4.60. The molecule has 0 atom stereocenters. The summed E-state index contributed by atoms with van der Waals surface area (Å²) >= 11 is 0. The lowest BCUT2D eigenvalue weighted by Gasteiger charge is -2.04. The van der Waals surface area contributed by atoms with E-state index in [9.17, 15) is 4.79 Å². The number of primary amides is 1. The van der Waals surface area contributed by atoms with Gasteiger partial charge in [-0.3, -0.25) is 4.79 Å². The fraction of sp³-hybridized carbons (Fsp3) is 0.933. The van der Waals surface area contributed by atoms with Crippen molar-refractivity contribution in [2.24, 2.45) is 11.7 Å². The molecule has 2 heteroatoms. The van der Waals surface area contributed by atoms with Gasteiger partial charge >= 0.3 is 0 Å². The van der Waals surface area contributed by atoms with E-state index in [1.165, 1.54) is 51.4 Å². The van der Waals surface area contributed by atoms with E-state index in [1.807, 2.05) is 0 Å². The second-order valence-electron chi connectivity index (χ2n) is 5.58. The van der Waals surface area contributed by atoms with Gasteiger partial charge in [0, 0.05) is 6.42 Å². The van der Waals surface area contributed by atoms with Crippen LogP contribution in [0.2, 0.25) is 0 Å². The molecule has 0 radical (unpaired) electrons. The Hall–Kier alpha value is -0.530. The molecule has 0 bridgehead atoms. The zero-order valence-electron chi connectivity index (χ0n) is 11.8. The van der Waals surface area contributed by atoms with Gasteiger partial charge in [0.2, 0.25) is 5.91 Å². The highest BCUT2D eigenvalue weighted by Crippen LogP contribution is 2.13. The molecule has 102 valence electrons. The van der Waals surface area contributed by atoms with Crippen molar-refractivity contribution in [3.05, 3.63) is 0 Å². The third kappa shape index (κ3) is 15.5. The van der Waals surface area contributed by atoms with Gasteiger partial charge in [-0.05, 0) is 12.3 Å². The lowest BCUT2D eigenvalue weighted by atomic mass is 10.0. The highest BCUT2D eigenvalue weighted by Gasteiger charge is 1.96. The molecule has 0 aromatic rings. The van der Waals surface area contributed by atoms with Crippen LogP contribution in [-0.4, -0.2) is 5.91 Å². The Labute approximate surface area is 107 Å². The Morgan fingerprint density at radius 3 is 1.65 bits per heavy atom. The zero-order valence-corrected chi connectivity index (χ0v) is 11.8. The van der Waals surface area contributed by atoms with Crippen molar-refractivity contribution in [2.45, 2.75) is 84.5 Å². The summed E-state index contributed by atoms with van der Waals surface area (Å²) in [6, 6.07) is 0. The molecule has 0 unspecified atom stereocenters. The van der Waals surface area contributed by atoms with Gasteiger partial charge in [0.25, 0.3) is 0 Å². The maximum atomic E-state index is 10.5. The molecule has 1 amide bonds. The fourth-order valence-electron chi connectivity index (χ4n) is 2.09. The van der Waals surface area contributed by atoms with Gasteiger partial charge in [0.15, 0.2) is 0 Å². The number of amides is 1. The first-order valence-corrected chi connectivity index (χ1v) is 7.41. The Bertz CT molecular complexity index is 178. The topological polar surface area (TPSA) is 43.1 Å². The molecule has 0 aliphatic rings. The normalized spacial score (nSPS) is 11.0. The quantitative estimate of drug-likeness (QED) is 0.505. The van der Waals surface area contributed by atoms with Crippen LogP contribution >= 0.6 is 0 Å². The molecule has 0 spiro atoms. The molecule has 0 aromatic carbocycles. The monoisotopic (exact) mass is 241 g/mol. The largest absolute Gasteiger partial charge is 0.370 e. The summed E-state index contributed by atoms with van der Waals surface area (Å²) < 4.78 is 0. The van der Waals surface area contributed by atoms with Crippen LogP contribution in [-0.2, 0) is 4.79 Å². The van der Waals surface area contributed by atoms with Crippen molar-refractivity contribution in [1.29, 1.82) is 0 Å². The Kier molecular flexibility index (Phi) is 11.6. The van der Waals surface area contributed by atoms with Crippen LogP contribution in [0.5, 0.6) is 0 Å². The van der Waals surface area contributed by atoms with Crippen molar-refractivity contribution in [3.63, 3.8) is 0 Å². The molecule has 17 heavy (non-hydrogen) atoms. The number of nitrogens with two attached hydrogens (primary N) is 1. The number of rotatable bonds is 12. The zero-order chi connectivity index (χ0) is 12.9. The maximum Gasteiger partial charge on any atom is 0.217 e. The van der Waals surface area contributed by atoms with E-state index in [0.717, 1.165) is 18.8 Å². The van der Waals surface area contributed by atoms with E-state index in [-0.39, 0.29) is 5.91 Å². The van der Waals surface area contributed by atoms with Crippen molar-refractivity contribution in [1.82, 2.24) is 0 Å². The van der Waals surface area contributed by atoms with Gasteiger partial charge in [0.1, 0.15) is 0 Å². The molecular weight excluding hydrogens is 210 g/mol. The molecule has 2 N–H and O–H groups in total. The average molecular weight is 241 g/mol. The molecule has 2 nitrogen and oxygen atoms in total. The van der Waals surface area contributed by atoms with Crippen LogP contribution in [0.4, 0.5) is 0 Å². The van der Waals surface area contributed by atoms with Gasteiger partial charge < -0.3 is 5.73 Å². The van der Waals surface area contributed by atoms with Crippen LogP contribution in [0.15, 0.2) is 0 Å². The summed E-state index contributed by atoms with van der Waals surface area (Å²) in [5.41, 5.74) is 5.08. The molecule has 0 saturated heterocycles. The van der Waals surface area contributed by atoms with Crippen LogP contribution in [0, 0.1) is 5.92 Å². The number of unbranched alkanes of at least 4 members (excludes halogenated alkanes) is 8. The predicted octanol–water partition coefficient (Wildman–Crippen LogP) is 4.42. The summed E-state index contributed by atoms with van der Waals surface area (Å²) in [5.74, 6) is 0.704. The first-order valence-electron chi connectivity index (χ1n) is 7.41. The second kappa shape index (κ2) is 11.9. The molecule has 0 heterocycles. The van der Waals surface area contributed by atoms with Crippen LogP contribution < -0.4 is 5.73 Å². The Morgan fingerprint density at radius 2 is 1.24 bits per heavy atom. The summed E-state index contributed by atoms with van der Waals surface area (Å²) in [5, 5.41) is 0. The minimum absolute atomic E-state index is 0.157.